The van der Waals surface area contributed by atoms with E-state index in [4.69, 9.17) is 0 Å². The predicted octanol–water partition coefficient (Wildman–Crippen LogP) is 1.78. The van der Waals surface area contributed by atoms with E-state index in [-0.39, 0.29) is 0 Å². The Morgan fingerprint density at radius 1 is 1.38 bits per heavy atom. The smallest absolute Gasteiger partial charge is 0.222 e. The Labute approximate surface area is 98.6 Å². The van der Waals surface area contributed by atoms with Crippen molar-refractivity contribution in [3.05, 3.63) is 0 Å². The molecule has 0 bridgehead atoms. The van der Waals surface area contributed by atoms with Gasteiger partial charge in [-0.2, -0.15) is 0 Å². The normalized spacial score (nSPS) is 30.7. The fraction of sp³-hybridized carbons (Fsp3) is 0.923. The number of likely N-dealkylation sites (tertiary alicyclic amines) is 1. The molecule has 1 spiro atoms. The SMILES string of the molecule is CCCC(=O)N1CCCC2(CCCNC2)C1. The van der Waals surface area contributed by atoms with Crippen LogP contribution in [-0.4, -0.2) is 37.0 Å². The van der Waals surface area contributed by atoms with E-state index >= 15 is 0 Å². The average Bonchev–Trinajstić information content (AvgIpc) is 2.30. The summed E-state index contributed by atoms with van der Waals surface area (Å²) < 4.78 is 0. The number of amides is 1. The van der Waals surface area contributed by atoms with Crippen LogP contribution in [0.15, 0.2) is 0 Å². The zero-order chi connectivity index (χ0) is 11.4. The highest BCUT2D eigenvalue weighted by Crippen LogP contribution is 2.36. The van der Waals surface area contributed by atoms with Crippen molar-refractivity contribution in [3.63, 3.8) is 0 Å². The van der Waals surface area contributed by atoms with Gasteiger partial charge in [0.2, 0.25) is 5.91 Å². The fourth-order valence-electron chi connectivity index (χ4n) is 3.17. The number of nitrogens with one attached hydrogen (secondary N) is 1. The zero-order valence-electron chi connectivity index (χ0n) is 10.4. The average molecular weight is 224 g/mol. The Hall–Kier alpha value is -0.570. The van der Waals surface area contributed by atoms with E-state index in [1.807, 2.05) is 0 Å². The topological polar surface area (TPSA) is 32.3 Å². The van der Waals surface area contributed by atoms with Gasteiger partial charge in [-0.05, 0) is 38.6 Å². The Morgan fingerprint density at radius 3 is 2.88 bits per heavy atom. The third-order valence-electron chi connectivity index (χ3n) is 4.04. The molecule has 3 nitrogen and oxygen atoms in total. The van der Waals surface area contributed by atoms with Crippen LogP contribution in [0, 0.1) is 5.41 Å². The lowest BCUT2D eigenvalue weighted by Crippen LogP contribution is -2.52. The molecule has 16 heavy (non-hydrogen) atoms. The Balaban J connectivity index is 1.94. The third kappa shape index (κ3) is 2.57. The van der Waals surface area contributed by atoms with Gasteiger partial charge in [0.05, 0.1) is 0 Å². The van der Waals surface area contributed by atoms with Crippen molar-refractivity contribution in [2.24, 2.45) is 5.41 Å². The molecule has 2 rings (SSSR count). The molecule has 0 aliphatic carbocycles. The van der Waals surface area contributed by atoms with Crippen molar-refractivity contribution in [1.82, 2.24) is 10.2 Å². The minimum Gasteiger partial charge on any atom is -0.342 e. The minimum absolute atomic E-state index is 0.368. The number of carbonyl (C=O) groups is 1. The van der Waals surface area contributed by atoms with Crippen molar-refractivity contribution in [3.8, 4) is 0 Å². The molecule has 2 aliphatic rings. The van der Waals surface area contributed by atoms with E-state index in [0.717, 1.165) is 39.0 Å². The van der Waals surface area contributed by atoms with Gasteiger partial charge in [0.25, 0.3) is 0 Å². The van der Waals surface area contributed by atoms with E-state index in [0.29, 0.717) is 11.3 Å². The molecule has 2 fully saturated rings. The summed E-state index contributed by atoms with van der Waals surface area (Å²) in [5, 5.41) is 3.50. The van der Waals surface area contributed by atoms with Crippen LogP contribution in [0.4, 0.5) is 0 Å². The van der Waals surface area contributed by atoms with Crippen LogP contribution < -0.4 is 5.32 Å². The van der Waals surface area contributed by atoms with Gasteiger partial charge in [0, 0.05) is 31.5 Å². The fourth-order valence-corrected chi connectivity index (χ4v) is 3.17. The van der Waals surface area contributed by atoms with Crippen molar-refractivity contribution in [2.75, 3.05) is 26.2 Å². The first kappa shape index (κ1) is 11.9. The molecule has 3 heteroatoms. The van der Waals surface area contributed by atoms with Crippen LogP contribution in [-0.2, 0) is 4.79 Å². The van der Waals surface area contributed by atoms with Crippen molar-refractivity contribution in [1.29, 1.82) is 0 Å². The standard InChI is InChI=1S/C13H24N2O/c1-2-5-12(16)15-9-4-7-13(11-15)6-3-8-14-10-13/h14H,2-11H2,1H3. The van der Waals surface area contributed by atoms with Gasteiger partial charge in [-0.3, -0.25) is 4.79 Å². The maximum atomic E-state index is 11.9. The summed E-state index contributed by atoms with van der Waals surface area (Å²) >= 11 is 0. The van der Waals surface area contributed by atoms with Gasteiger partial charge in [0.1, 0.15) is 0 Å². The summed E-state index contributed by atoms with van der Waals surface area (Å²) in [6.07, 6.45) is 6.77. The molecule has 2 heterocycles. The number of nitrogens with zero attached hydrogens (tertiary/aromatic N) is 1. The molecule has 0 aromatic carbocycles. The number of carbonyl (C=O) groups excluding carboxylic acids is 1. The molecule has 0 aromatic rings. The molecule has 1 unspecified atom stereocenters. The summed E-state index contributed by atoms with van der Waals surface area (Å²) in [5.41, 5.74) is 0.403. The number of hydrogen-bond acceptors (Lipinski definition) is 2. The molecule has 0 radical (unpaired) electrons. The molecule has 1 atom stereocenters. The van der Waals surface area contributed by atoms with E-state index in [1.165, 1.54) is 25.7 Å². The summed E-state index contributed by atoms with van der Waals surface area (Å²) in [6.45, 7) is 6.34. The van der Waals surface area contributed by atoms with E-state index in [1.54, 1.807) is 0 Å². The van der Waals surface area contributed by atoms with Crippen LogP contribution in [0.2, 0.25) is 0 Å². The summed E-state index contributed by atoms with van der Waals surface area (Å²) in [7, 11) is 0. The minimum atomic E-state index is 0.368. The first-order valence-electron chi connectivity index (χ1n) is 6.74. The van der Waals surface area contributed by atoms with E-state index in [2.05, 4.69) is 17.1 Å². The Kier molecular flexibility index (Phi) is 3.85. The highest BCUT2D eigenvalue weighted by atomic mass is 16.2. The molecular weight excluding hydrogens is 200 g/mol. The monoisotopic (exact) mass is 224 g/mol. The van der Waals surface area contributed by atoms with Crippen LogP contribution in [0.5, 0.6) is 0 Å². The molecule has 2 saturated heterocycles. The van der Waals surface area contributed by atoms with Gasteiger partial charge >= 0.3 is 0 Å². The second-order valence-electron chi connectivity index (χ2n) is 5.45. The second-order valence-corrected chi connectivity index (χ2v) is 5.45. The van der Waals surface area contributed by atoms with Crippen molar-refractivity contribution in [2.45, 2.75) is 45.4 Å². The lowest BCUT2D eigenvalue weighted by Gasteiger charge is -2.45. The molecule has 0 saturated carbocycles. The van der Waals surface area contributed by atoms with Crippen LogP contribution in [0.1, 0.15) is 45.4 Å². The first-order chi connectivity index (χ1) is 7.76. The van der Waals surface area contributed by atoms with Crippen LogP contribution >= 0.6 is 0 Å². The molecule has 1 N–H and O–H groups in total. The maximum absolute atomic E-state index is 11.9. The largest absolute Gasteiger partial charge is 0.342 e. The predicted molar refractivity (Wildman–Crippen MR) is 65.3 cm³/mol. The maximum Gasteiger partial charge on any atom is 0.222 e. The number of piperidine rings is 2. The van der Waals surface area contributed by atoms with Crippen LogP contribution in [0.25, 0.3) is 0 Å². The summed E-state index contributed by atoms with van der Waals surface area (Å²) in [5.74, 6) is 0.368. The molecule has 92 valence electrons. The van der Waals surface area contributed by atoms with Crippen molar-refractivity contribution < 1.29 is 4.79 Å². The molecule has 2 aliphatic heterocycles. The van der Waals surface area contributed by atoms with E-state index < -0.39 is 0 Å². The van der Waals surface area contributed by atoms with Gasteiger partial charge < -0.3 is 10.2 Å². The van der Waals surface area contributed by atoms with Gasteiger partial charge in [-0.25, -0.2) is 0 Å². The molecule has 1 amide bonds. The highest BCUT2D eigenvalue weighted by Gasteiger charge is 2.37. The van der Waals surface area contributed by atoms with Gasteiger partial charge in [-0.1, -0.05) is 6.92 Å². The number of rotatable bonds is 2. The Bertz CT molecular complexity index is 241. The zero-order valence-corrected chi connectivity index (χ0v) is 10.4. The second kappa shape index (κ2) is 5.17. The molecular formula is C13H24N2O. The third-order valence-corrected chi connectivity index (χ3v) is 4.04. The quantitative estimate of drug-likeness (QED) is 0.775. The Morgan fingerprint density at radius 2 is 2.19 bits per heavy atom. The summed E-state index contributed by atoms with van der Waals surface area (Å²) in [4.78, 5) is 14.0. The van der Waals surface area contributed by atoms with Gasteiger partial charge in [0.15, 0.2) is 0 Å². The number of hydrogen-bond donors (Lipinski definition) is 1. The van der Waals surface area contributed by atoms with Crippen molar-refractivity contribution >= 4 is 5.91 Å². The van der Waals surface area contributed by atoms with Gasteiger partial charge in [-0.15, -0.1) is 0 Å². The molecule has 0 aromatic heterocycles. The summed E-state index contributed by atoms with van der Waals surface area (Å²) in [6, 6.07) is 0. The van der Waals surface area contributed by atoms with E-state index in [9.17, 15) is 4.79 Å². The lowest BCUT2D eigenvalue weighted by molar-refractivity contribution is -0.135. The first-order valence-corrected chi connectivity index (χ1v) is 6.74. The highest BCUT2D eigenvalue weighted by molar-refractivity contribution is 5.76. The lowest BCUT2D eigenvalue weighted by atomic mass is 9.74. The van der Waals surface area contributed by atoms with Crippen LogP contribution in [0.3, 0.4) is 0 Å².